The molecule has 1 saturated heterocycles. The van der Waals surface area contributed by atoms with Crippen LogP contribution in [0, 0.1) is 0 Å². The van der Waals surface area contributed by atoms with Crippen LogP contribution >= 0.6 is 0 Å². The van der Waals surface area contributed by atoms with E-state index in [9.17, 15) is 9.59 Å². The SMILES string of the molecule is CC(=O)CC1(N)CN(C(=O)OC(C)(C)C)C1. The number of hydrogen-bond acceptors (Lipinski definition) is 4. The Kier molecular flexibility index (Phi) is 3.28. The molecule has 0 radical (unpaired) electrons. The van der Waals surface area contributed by atoms with Gasteiger partial charge in [0.2, 0.25) is 0 Å². The molecule has 0 spiro atoms. The quantitative estimate of drug-likeness (QED) is 0.762. The molecule has 92 valence electrons. The maximum absolute atomic E-state index is 11.6. The van der Waals surface area contributed by atoms with Crippen LogP contribution in [0.1, 0.15) is 34.1 Å². The molecule has 16 heavy (non-hydrogen) atoms. The second-order valence-electron chi connectivity index (χ2n) is 5.58. The van der Waals surface area contributed by atoms with Crippen molar-refractivity contribution in [2.24, 2.45) is 5.73 Å². The van der Waals surface area contributed by atoms with Crippen LogP contribution in [0.3, 0.4) is 0 Å². The van der Waals surface area contributed by atoms with E-state index < -0.39 is 11.1 Å². The van der Waals surface area contributed by atoms with Crippen molar-refractivity contribution < 1.29 is 14.3 Å². The second-order valence-corrected chi connectivity index (χ2v) is 5.58. The van der Waals surface area contributed by atoms with Crippen molar-refractivity contribution in [2.45, 2.75) is 45.3 Å². The van der Waals surface area contributed by atoms with E-state index in [1.807, 2.05) is 20.8 Å². The average Bonchev–Trinajstić information content (AvgIpc) is 1.94. The van der Waals surface area contributed by atoms with Crippen molar-refractivity contribution in [1.29, 1.82) is 0 Å². The Hall–Kier alpha value is -1.10. The Labute approximate surface area is 95.9 Å². The van der Waals surface area contributed by atoms with Crippen molar-refractivity contribution in [3.8, 4) is 0 Å². The minimum Gasteiger partial charge on any atom is -0.444 e. The van der Waals surface area contributed by atoms with E-state index in [1.165, 1.54) is 11.8 Å². The number of amides is 1. The summed E-state index contributed by atoms with van der Waals surface area (Å²) in [6, 6.07) is 0. The lowest BCUT2D eigenvalue weighted by Gasteiger charge is -2.47. The molecular weight excluding hydrogens is 208 g/mol. The van der Waals surface area contributed by atoms with Gasteiger partial charge in [0.25, 0.3) is 0 Å². The Morgan fingerprint density at radius 2 is 1.88 bits per heavy atom. The van der Waals surface area contributed by atoms with Gasteiger partial charge in [-0.05, 0) is 27.7 Å². The molecule has 2 N–H and O–H groups in total. The Bertz CT molecular complexity index is 301. The highest BCUT2D eigenvalue weighted by Gasteiger charge is 2.44. The Morgan fingerprint density at radius 1 is 1.38 bits per heavy atom. The van der Waals surface area contributed by atoms with Crippen LogP contribution in [0.2, 0.25) is 0 Å². The van der Waals surface area contributed by atoms with Gasteiger partial charge in [-0.1, -0.05) is 0 Å². The molecule has 1 fully saturated rings. The molecule has 0 unspecified atom stereocenters. The molecule has 0 aromatic carbocycles. The number of carbonyl (C=O) groups excluding carboxylic acids is 2. The van der Waals surface area contributed by atoms with Gasteiger partial charge in [0, 0.05) is 19.5 Å². The van der Waals surface area contributed by atoms with Crippen molar-refractivity contribution in [1.82, 2.24) is 4.90 Å². The van der Waals surface area contributed by atoms with Crippen LogP contribution in [0.15, 0.2) is 0 Å². The summed E-state index contributed by atoms with van der Waals surface area (Å²) in [5, 5.41) is 0. The molecule has 0 aromatic rings. The van der Waals surface area contributed by atoms with Crippen molar-refractivity contribution in [2.75, 3.05) is 13.1 Å². The number of ether oxygens (including phenoxy) is 1. The zero-order valence-electron chi connectivity index (χ0n) is 10.4. The molecule has 5 heteroatoms. The minimum atomic E-state index is -0.553. The average molecular weight is 228 g/mol. The van der Waals surface area contributed by atoms with Gasteiger partial charge in [-0.15, -0.1) is 0 Å². The first kappa shape index (κ1) is 13.0. The molecule has 1 rings (SSSR count). The fourth-order valence-corrected chi connectivity index (χ4v) is 1.78. The highest BCUT2D eigenvalue weighted by molar-refractivity contribution is 5.78. The van der Waals surface area contributed by atoms with Gasteiger partial charge in [-0.25, -0.2) is 4.79 Å². The summed E-state index contributed by atoms with van der Waals surface area (Å²) < 4.78 is 5.19. The standard InChI is InChI=1S/C11H20N2O3/c1-8(14)5-11(12)6-13(7-11)9(15)16-10(2,3)4/h5-7,12H2,1-4H3. The van der Waals surface area contributed by atoms with Gasteiger partial charge in [0.15, 0.2) is 0 Å². The molecule has 0 aliphatic carbocycles. The number of nitrogens with two attached hydrogens (primary N) is 1. The largest absolute Gasteiger partial charge is 0.444 e. The number of likely N-dealkylation sites (tertiary alicyclic amines) is 1. The van der Waals surface area contributed by atoms with Crippen LogP contribution in [0.5, 0.6) is 0 Å². The molecular formula is C11H20N2O3. The fraction of sp³-hybridized carbons (Fsp3) is 0.818. The van der Waals surface area contributed by atoms with Gasteiger partial charge in [0.05, 0.1) is 5.54 Å². The number of rotatable bonds is 2. The molecule has 5 nitrogen and oxygen atoms in total. The zero-order chi connectivity index (χ0) is 12.6. The van der Waals surface area contributed by atoms with Crippen molar-refractivity contribution >= 4 is 11.9 Å². The number of nitrogens with zero attached hydrogens (tertiary/aromatic N) is 1. The van der Waals surface area contributed by atoms with Crippen LogP contribution in [0.4, 0.5) is 4.79 Å². The first-order valence-electron chi connectivity index (χ1n) is 5.38. The number of hydrogen-bond donors (Lipinski definition) is 1. The van der Waals surface area contributed by atoms with Gasteiger partial charge < -0.3 is 15.4 Å². The summed E-state index contributed by atoms with van der Waals surface area (Å²) in [5.74, 6) is 0.0475. The predicted molar refractivity (Wildman–Crippen MR) is 60.0 cm³/mol. The number of ketones is 1. The van der Waals surface area contributed by atoms with Crippen molar-refractivity contribution in [3.63, 3.8) is 0 Å². The lowest BCUT2D eigenvalue weighted by molar-refractivity contribution is -0.119. The topological polar surface area (TPSA) is 72.6 Å². The van der Waals surface area contributed by atoms with Gasteiger partial charge in [-0.3, -0.25) is 4.79 Å². The summed E-state index contributed by atoms with van der Waals surface area (Å²) in [6.45, 7) is 7.73. The maximum Gasteiger partial charge on any atom is 0.410 e. The van der Waals surface area contributed by atoms with E-state index in [4.69, 9.17) is 10.5 Å². The molecule has 1 heterocycles. The zero-order valence-corrected chi connectivity index (χ0v) is 10.4. The third-order valence-corrected chi connectivity index (χ3v) is 2.26. The number of Topliss-reactive ketones (excluding diaryl/α,β-unsaturated/α-hetero) is 1. The van der Waals surface area contributed by atoms with E-state index in [0.29, 0.717) is 19.5 Å². The highest BCUT2D eigenvalue weighted by Crippen LogP contribution is 2.24. The summed E-state index contributed by atoms with van der Waals surface area (Å²) in [7, 11) is 0. The normalized spacial score (nSPS) is 18.9. The van der Waals surface area contributed by atoms with Crippen LogP contribution in [-0.4, -0.2) is 41.0 Å². The summed E-state index contributed by atoms with van der Waals surface area (Å²) >= 11 is 0. The van der Waals surface area contributed by atoms with E-state index in [0.717, 1.165) is 0 Å². The van der Waals surface area contributed by atoms with E-state index in [1.54, 1.807) is 0 Å². The van der Waals surface area contributed by atoms with E-state index >= 15 is 0 Å². The molecule has 0 aromatic heterocycles. The van der Waals surface area contributed by atoms with E-state index in [-0.39, 0.29) is 11.9 Å². The fourth-order valence-electron chi connectivity index (χ4n) is 1.78. The molecule has 1 aliphatic rings. The summed E-state index contributed by atoms with van der Waals surface area (Å²) in [6.07, 6.45) is -0.0520. The van der Waals surface area contributed by atoms with Gasteiger partial charge >= 0.3 is 6.09 Å². The maximum atomic E-state index is 11.6. The molecule has 0 saturated carbocycles. The number of carbonyl (C=O) groups is 2. The van der Waals surface area contributed by atoms with E-state index in [2.05, 4.69) is 0 Å². The summed E-state index contributed by atoms with van der Waals surface area (Å²) in [5.41, 5.74) is 4.88. The van der Waals surface area contributed by atoms with Crippen molar-refractivity contribution in [3.05, 3.63) is 0 Å². The second kappa shape index (κ2) is 4.05. The minimum absolute atomic E-state index is 0.0475. The van der Waals surface area contributed by atoms with Crippen LogP contribution in [0.25, 0.3) is 0 Å². The van der Waals surface area contributed by atoms with Crippen LogP contribution in [-0.2, 0) is 9.53 Å². The first-order valence-corrected chi connectivity index (χ1v) is 5.38. The van der Waals surface area contributed by atoms with Crippen LogP contribution < -0.4 is 5.73 Å². The molecule has 0 atom stereocenters. The monoisotopic (exact) mass is 228 g/mol. The highest BCUT2D eigenvalue weighted by atomic mass is 16.6. The van der Waals surface area contributed by atoms with Gasteiger partial charge in [0.1, 0.15) is 11.4 Å². The molecule has 0 bridgehead atoms. The Balaban J connectivity index is 2.41. The lowest BCUT2D eigenvalue weighted by atomic mass is 9.86. The molecule has 1 amide bonds. The predicted octanol–water partition coefficient (Wildman–Crippen LogP) is 0.914. The molecule has 1 aliphatic heterocycles. The first-order chi connectivity index (χ1) is 7.11. The van der Waals surface area contributed by atoms with Gasteiger partial charge in [-0.2, -0.15) is 0 Å². The smallest absolute Gasteiger partial charge is 0.410 e. The third kappa shape index (κ3) is 3.48. The Morgan fingerprint density at radius 3 is 2.25 bits per heavy atom. The summed E-state index contributed by atoms with van der Waals surface area (Å²) in [4.78, 5) is 24.0. The third-order valence-electron chi connectivity index (χ3n) is 2.26. The lowest BCUT2D eigenvalue weighted by Crippen LogP contribution is -2.69.